The van der Waals surface area contributed by atoms with Crippen LogP contribution in [0.5, 0.6) is 0 Å². The van der Waals surface area contributed by atoms with Crippen molar-refractivity contribution in [2.45, 2.75) is 18.9 Å². The van der Waals surface area contributed by atoms with Crippen LogP contribution in [0.15, 0.2) is 22.0 Å². The first-order valence-corrected chi connectivity index (χ1v) is 6.16. The highest BCUT2D eigenvalue weighted by Crippen LogP contribution is 2.21. The van der Waals surface area contributed by atoms with Gasteiger partial charge in [-0.3, -0.25) is 0 Å². The first-order valence-electron chi connectivity index (χ1n) is 4.48. The Morgan fingerprint density at radius 2 is 2.46 bits per heavy atom. The van der Waals surface area contributed by atoms with Gasteiger partial charge in [0, 0.05) is 27.3 Å². The number of nitrogens with one attached hydrogen (secondary N) is 1. The molecule has 70 valence electrons. The summed E-state index contributed by atoms with van der Waals surface area (Å²) in [7, 11) is 0. The first-order chi connectivity index (χ1) is 6.34. The topological polar surface area (TPSA) is 12.0 Å². The molecular weight excluding hydrogens is 246 g/mol. The molecule has 13 heavy (non-hydrogen) atoms. The lowest BCUT2D eigenvalue weighted by Gasteiger charge is -1.93. The molecule has 1 aromatic rings. The van der Waals surface area contributed by atoms with Crippen molar-refractivity contribution in [2.75, 3.05) is 6.54 Å². The monoisotopic (exact) mass is 257 g/mol. The van der Waals surface area contributed by atoms with Gasteiger partial charge in [0.05, 0.1) is 0 Å². The predicted molar refractivity (Wildman–Crippen MR) is 62.1 cm³/mol. The van der Waals surface area contributed by atoms with Crippen molar-refractivity contribution in [3.8, 4) is 0 Å². The van der Waals surface area contributed by atoms with Crippen molar-refractivity contribution in [1.29, 1.82) is 0 Å². The van der Waals surface area contributed by atoms with Crippen LogP contribution >= 0.6 is 27.3 Å². The summed E-state index contributed by atoms with van der Waals surface area (Å²) in [5.74, 6) is 0. The fraction of sp³-hybridized carbons (Fsp3) is 0.400. The number of hydrogen-bond acceptors (Lipinski definition) is 2. The summed E-state index contributed by atoms with van der Waals surface area (Å²) < 4.78 is 1.17. The molecule has 0 aliphatic heterocycles. The summed E-state index contributed by atoms with van der Waals surface area (Å²) >= 11 is 5.20. The Morgan fingerprint density at radius 1 is 1.62 bits per heavy atom. The fourth-order valence-electron chi connectivity index (χ4n) is 1.11. The van der Waals surface area contributed by atoms with Gasteiger partial charge in [-0.1, -0.05) is 6.08 Å². The summed E-state index contributed by atoms with van der Waals surface area (Å²) in [6.45, 7) is 1.00. The van der Waals surface area contributed by atoms with Crippen molar-refractivity contribution < 1.29 is 0 Å². The van der Waals surface area contributed by atoms with Crippen molar-refractivity contribution in [3.05, 3.63) is 26.9 Å². The van der Waals surface area contributed by atoms with E-state index in [1.54, 1.807) is 11.3 Å². The van der Waals surface area contributed by atoms with E-state index in [-0.39, 0.29) is 0 Å². The number of halogens is 1. The molecule has 0 amide bonds. The van der Waals surface area contributed by atoms with Crippen molar-refractivity contribution in [3.63, 3.8) is 0 Å². The summed E-state index contributed by atoms with van der Waals surface area (Å²) in [4.78, 5) is 1.31. The van der Waals surface area contributed by atoms with E-state index in [1.165, 1.54) is 22.2 Å². The van der Waals surface area contributed by atoms with Crippen LogP contribution < -0.4 is 5.32 Å². The lowest BCUT2D eigenvalue weighted by atomic mass is 10.4. The van der Waals surface area contributed by atoms with Crippen LogP contribution in [0.2, 0.25) is 0 Å². The average Bonchev–Trinajstić information content (AvgIpc) is 2.84. The second kappa shape index (κ2) is 4.40. The summed E-state index contributed by atoms with van der Waals surface area (Å²) in [6, 6.07) is 2.94. The summed E-state index contributed by atoms with van der Waals surface area (Å²) in [5, 5.41) is 5.54. The zero-order valence-electron chi connectivity index (χ0n) is 7.29. The molecule has 3 heteroatoms. The summed E-state index contributed by atoms with van der Waals surface area (Å²) in [5.41, 5.74) is 0. The first kappa shape index (κ1) is 9.44. The van der Waals surface area contributed by atoms with E-state index >= 15 is 0 Å². The molecule has 1 N–H and O–H groups in total. The standard InChI is InChI=1S/C10H12BrNS/c11-8-6-10(13-7-8)2-1-5-12-9-3-4-9/h1-2,6-7,9,12H,3-5H2. The van der Waals surface area contributed by atoms with E-state index in [0.29, 0.717) is 0 Å². The molecule has 1 aromatic heterocycles. The maximum absolute atomic E-state index is 3.44. The quantitative estimate of drug-likeness (QED) is 0.873. The predicted octanol–water partition coefficient (Wildman–Crippen LogP) is 3.28. The molecule has 2 rings (SSSR count). The molecule has 0 aromatic carbocycles. The minimum absolute atomic E-state index is 0.805. The second-order valence-corrected chi connectivity index (χ2v) is 5.11. The Labute approximate surface area is 91.0 Å². The van der Waals surface area contributed by atoms with Gasteiger partial charge in [-0.25, -0.2) is 0 Å². The molecule has 0 unspecified atom stereocenters. The molecule has 0 saturated heterocycles. The Bertz CT molecular complexity index is 302. The Hall–Kier alpha value is -0.120. The molecular formula is C10H12BrNS. The molecule has 0 radical (unpaired) electrons. The molecule has 1 nitrogen and oxygen atoms in total. The van der Waals surface area contributed by atoms with Gasteiger partial charge in [0.25, 0.3) is 0 Å². The molecule has 0 atom stereocenters. The van der Waals surface area contributed by atoms with Crippen LogP contribution in [0.1, 0.15) is 17.7 Å². The van der Waals surface area contributed by atoms with Crippen molar-refractivity contribution >= 4 is 33.3 Å². The van der Waals surface area contributed by atoms with Crippen LogP contribution in [0.25, 0.3) is 6.08 Å². The number of hydrogen-bond donors (Lipinski definition) is 1. The van der Waals surface area contributed by atoms with Gasteiger partial charge in [0.1, 0.15) is 0 Å². The average molecular weight is 258 g/mol. The van der Waals surface area contributed by atoms with Crippen LogP contribution in [0.3, 0.4) is 0 Å². The highest BCUT2D eigenvalue weighted by atomic mass is 79.9. The Balaban J connectivity index is 1.75. The maximum atomic E-state index is 3.44. The molecule has 1 saturated carbocycles. The normalized spacial score (nSPS) is 17.0. The van der Waals surface area contributed by atoms with Crippen LogP contribution in [0.4, 0.5) is 0 Å². The number of thiophene rings is 1. The van der Waals surface area contributed by atoms with Gasteiger partial charge in [-0.05, 0) is 40.9 Å². The van der Waals surface area contributed by atoms with Gasteiger partial charge < -0.3 is 5.32 Å². The zero-order chi connectivity index (χ0) is 9.10. The Kier molecular flexibility index (Phi) is 3.19. The third-order valence-corrected chi connectivity index (χ3v) is 3.63. The smallest absolute Gasteiger partial charge is 0.0288 e. The van der Waals surface area contributed by atoms with Gasteiger partial charge in [0.2, 0.25) is 0 Å². The van der Waals surface area contributed by atoms with E-state index < -0.39 is 0 Å². The van der Waals surface area contributed by atoms with Crippen LogP contribution in [-0.2, 0) is 0 Å². The lowest BCUT2D eigenvalue weighted by molar-refractivity contribution is 0.754. The molecule has 1 fully saturated rings. The zero-order valence-corrected chi connectivity index (χ0v) is 9.70. The largest absolute Gasteiger partial charge is 0.311 e. The van der Waals surface area contributed by atoms with Gasteiger partial charge in [-0.15, -0.1) is 11.3 Å². The molecule has 0 spiro atoms. The molecule has 1 aliphatic carbocycles. The fourth-order valence-corrected chi connectivity index (χ4v) is 2.48. The van der Waals surface area contributed by atoms with Crippen molar-refractivity contribution in [2.24, 2.45) is 0 Å². The van der Waals surface area contributed by atoms with Crippen molar-refractivity contribution in [1.82, 2.24) is 5.32 Å². The molecule has 1 heterocycles. The molecule has 0 bridgehead atoms. The summed E-state index contributed by atoms with van der Waals surface area (Å²) in [6.07, 6.45) is 7.08. The van der Waals surface area contributed by atoms with E-state index in [1.807, 2.05) is 0 Å². The van der Waals surface area contributed by atoms with E-state index in [4.69, 9.17) is 0 Å². The van der Waals surface area contributed by atoms with Gasteiger partial charge in [0.15, 0.2) is 0 Å². The highest BCUT2D eigenvalue weighted by Gasteiger charge is 2.18. The van der Waals surface area contributed by atoms with Gasteiger partial charge in [-0.2, -0.15) is 0 Å². The minimum atomic E-state index is 0.805. The number of rotatable bonds is 4. The maximum Gasteiger partial charge on any atom is 0.0288 e. The van der Waals surface area contributed by atoms with E-state index in [9.17, 15) is 0 Å². The highest BCUT2D eigenvalue weighted by molar-refractivity contribution is 9.10. The van der Waals surface area contributed by atoms with E-state index in [2.05, 4.69) is 44.8 Å². The molecule has 1 aliphatic rings. The SMILES string of the molecule is Brc1csc(C=CCNC2CC2)c1. The van der Waals surface area contributed by atoms with E-state index in [0.717, 1.165) is 12.6 Å². The Morgan fingerprint density at radius 3 is 3.08 bits per heavy atom. The van der Waals surface area contributed by atoms with Crippen LogP contribution in [-0.4, -0.2) is 12.6 Å². The third-order valence-electron chi connectivity index (χ3n) is 1.97. The lowest BCUT2D eigenvalue weighted by Crippen LogP contribution is -2.15. The van der Waals surface area contributed by atoms with Crippen LogP contribution in [0, 0.1) is 0 Å². The van der Waals surface area contributed by atoms with Gasteiger partial charge >= 0.3 is 0 Å². The minimum Gasteiger partial charge on any atom is -0.311 e. The second-order valence-electron chi connectivity index (χ2n) is 3.25. The third kappa shape index (κ3) is 3.25.